The number of hydrogen-bond acceptors (Lipinski definition) is 5. The third-order valence-electron chi connectivity index (χ3n) is 4.96. The molecule has 0 saturated carbocycles. The average molecular weight is 456 g/mol. The van der Waals surface area contributed by atoms with Crippen LogP contribution in [-0.2, 0) is 6.54 Å². The highest BCUT2D eigenvalue weighted by Crippen LogP contribution is 2.37. The van der Waals surface area contributed by atoms with Gasteiger partial charge in [-0.3, -0.25) is 4.79 Å². The minimum Gasteiger partial charge on any atom is -0.418 e. The van der Waals surface area contributed by atoms with Crippen LogP contribution in [0.5, 0.6) is 5.75 Å². The van der Waals surface area contributed by atoms with E-state index in [1.807, 2.05) is 19.9 Å². The van der Waals surface area contributed by atoms with E-state index in [1.54, 1.807) is 30.3 Å². The lowest BCUT2D eigenvalue weighted by atomic mass is 10.1. The molecule has 0 atom stereocenters. The highest BCUT2D eigenvalue weighted by Gasteiger charge is 2.22. The molecular formula is C23H19Cl2N3O3. The molecule has 0 radical (unpaired) electrons. The maximum atomic E-state index is 13.2. The number of rotatable bonds is 5. The van der Waals surface area contributed by atoms with Gasteiger partial charge in [-0.05, 0) is 37.6 Å². The Balaban J connectivity index is 1.86. The first kappa shape index (κ1) is 21.3. The van der Waals surface area contributed by atoms with Crippen molar-refractivity contribution in [1.29, 1.82) is 0 Å². The van der Waals surface area contributed by atoms with Gasteiger partial charge in [-0.25, -0.2) is 14.5 Å². The smallest absolute Gasteiger partial charge is 0.364 e. The lowest BCUT2D eigenvalue weighted by Gasteiger charge is -2.13. The molecule has 0 aliphatic rings. The number of benzene rings is 2. The van der Waals surface area contributed by atoms with E-state index in [1.165, 1.54) is 10.7 Å². The van der Waals surface area contributed by atoms with Gasteiger partial charge in [0.1, 0.15) is 5.52 Å². The number of carbonyl (C=O) groups excluding carboxylic acids is 1. The maximum Gasteiger partial charge on any atom is 0.364 e. The summed E-state index contributed by atoms with van der Waals surface area (Å²) in [5.74, 6) is -0.623. The van der Waals surface area contributed by atoms with Gasteiger partial charge in [-0.1, -0.05) is 54.7 Å². The van der Waals surface area contributed by atoms with Crippen LogP contribution in [-0.4, -0.2) is 20.7 Å². The number of aryl methyl sites for hydroxylation is 2. The quantitative estimate of drug-likeness (QED) is 0.290. The standard InChI is InChI=1S/C23H19Cl2N3O3/c1-3-4-11-28-22(29)15-8-6-5-7-14(15)20(27-28)23(30)31-21-18(25)12-17(24)16-10-9-13(2)26-19(16)21/h5-10,12H,3-4,11H2,1-2H3. The second-order valence-electron chi connectivity index (χ2n) is 7.18. The molecule has 31 heavy (non-hydrogen) atoms. The molecular weight excluding hydrogens is 437 g/mol. The number of aromatic nitrogens is 3. The van der Waals surface area contributed by atoms with Crippen LogP contribution in [0.4, 0.5) is 0 Å². The van der Waals surface area contributed by atoms with Gasteiger partial charge in [-0.2, -0.15) is 5.10 Å². The van der Waals surface area contributed by atoms with Crippen molar-refractivity contribution in [2.24, 2.45) is 0 Å². The van der Waals surface area contributed by atoms with Crippen molar-refractivity contribution >= 4 is 50.8 Å². The van der Waals surface area contributed by atoms with Crippen LogP contribution in [0.15, 0.2) is 47.3 Å². The molecule has 0 saturated heterocycles. The number of nitrogens with zero attached hydrogens (tertiary/aromatic N) is 3. The molecule has 2 aromatic heterocycles. The Labute approximate surface area is 188 Å². The zero-order chi connectivity index (χ0) is 22.1. The maximum absolute atomic E-state index is 13.2. The van der Waals surface area contributed by atoms with Crippen LogP contribution in [0.25, 0.3) is 21.7 Å². The molecule has 0 N–H and O–H groups in total. The van der Waals surface area contributed by atoms with Gasteiger partial charge >= 0.3 is 5.97 Å². The first-order valence-corrected chi connectivity index (χ1v) is 10.6. The minimum absolute atomic E-state index is 0.0399. The van der Waals surface area contributed by atoms with Gasteiger partial charge in [0.15, 0.2) is 11.4 Å². The van der Waals surface area contributed by atoms with Crippen molar-refractivity contribution in [1.82, 2.24) is 14.8 Å². The highest BCUT2D eigenvalue weighted by molar-refractivity contribution is 6.39. The zero-order valence-corrected chi connectivity index (χ0v) is 18.5. The molecule has 0 unspecified atom stereocenters. The van der Waals surface area contributed by atoms with E-state index in [4.69, 9.17) is 27.9 Å². The number of hydrogen-bond donors (Lipinski definition) is 0. The molecule has 0 bridgehead atoms. The van der Waals surface area contributed by atoms with E-state index >= 15 is 0 Å². The van der Waals surface area contributed by atoms with E-state index in [0.717, 1.165) is 18.5 Å². The van der Waals surface area contributed by atoms with Gasteiger partial charge in [0.05, 0.1) is 15.4 Å². The van der Waals surface area contributed by atoms with E-state index in [0.29, 0.717) is 33.2 Å². The zero-order valence-electron chi connectivity index (χ0n) is 17.0. The lowest BCUT2D eigenvalue weighted by Crippen LogP contribution is -2.27. The summed E-state index contributed by atoms with van der Waals surface area (Å²) in [6.45, 7) is 4.24. The molecule has 0 aliphatic carbocycles. The summed E-state index contributed by atoms with van der Waals surface area (Å²) in [6.07, 6.45) is 1.65. The Hall–Kier alpha value is -2.96. The average Bonchev–Trinajstić information content (AvgIpc) is 2.76. The number of carbonyl (C=O) groups is 1. The fourth-order valence-corrected chi connectivity index (χ4v) is 3.93. The summed E-state index contributed by atoms with van der Waals surface area (Å²) in [4.78, 5) is 30.4. The fourth-order valence-electron chi connectivity index (χ4n) is 3.37. The van der Waals surface area contributed by atoms with Crippen molar-refractivity contribution < 1.29 is 9.53 Å². The predicted molar refractivity (Wildman–Crippen MR) is 122 cm³/mol. The second kappa shape index (κ2) is 8.65. The Morgan fingerprint density at radius 3 is 2.55 bits per heavy atom. The summed E-state index contributed by atoms with van der Waals surface area (Å²) in [5, 5.41) is 6.33. The summed E-state index contributed by atoms with van der Waals surface area (Å²) >= 11 is 12.6. The van der Waals surface area contributed by atoms with E-state index in [-0.39, 0.29) is 22.0 Å². The molecule has 4 aromatic rings. The van der Waals surface area contributed by atoms with E-state index < -0.39 is 5.97 Å². The second-order valence-corrected chi connectivity index (χ2v) is 8.00. The Morgan fingerprint density at radius 1 is 1.06 bits per heavy atom. The number of pyridine rings is 1. The Bertz CT molecular complexity index is 1380. The van der Waals surface area contributed by atoms with Gasteiger partial charge in [0.2, 0.25) is 0 Å². The largest absolute Gasteiger partial charge is 0.418 e. The molecule has 0 spiro atoms. The Kier molecular flexibility index (Phi) is 5.94. The molecule has 0 amide bonds. The van der Waals surface area contributed by atoms with Crippen molar-refractivity contribution in [3.05, 3.63) is 74.3 Å². The third-order valence-corrected chi connectivity index (χ3v) is 5.55. The molecule has 6 nitrogen and oxygen atoms in total. The Morgan fingerprint density at radius 2 is 1.81 bits per heavy atom. The van der Waals surface area contributed by atoms with E-state index in [2.05, 4.69) is 10.1 Å². The minimum atomic E-state index is -0.727. The van der Waals surface area contributed by atoms with Crippen LogP contribution in [0, 0.1) is 6.92 Å². The van der Waals surface area contributed by atoms with Crippen molar-refractivity contribution in [2.45, 2.75) is 33.2 Å². The first-order valence-electron chi connectivity index (χ1n) is 9.88. The van der Waals surface area contributed by atoms with E-state index in [9.17, 15) is 9.59 Å². The fraction of sp³-hybridized carbons (Fsp3) is 0.217. The van der Waals surface area contributed by atoms with Gasteiger partial charge < -0.3 is 4.74 Å². The number of unbranched alkanes of at least 4 members (excludes halogenated alkanes) is 1. The third kappa shape index (κ3) is 4.01. The normalized spacial score (nSPS) is 11.2. The monoisotopic (exact) mass is 455 g/mol. The number of ether oxygens (including phenoxy) is 1. The lowest BCUT2D eigenvalue weighted by molar-refractivity contribution is 0.0730. The van der Waals surface area contributed by atoms with Crippen LogP contribution < -0.4 is 10.3 Å². The summed E-state index contributed by atoms with van der Waals surface area (Å²) in [6, 6.07) is 12.0. The molecule has 2 heterocycles. The van der Waals surface area contributed by atoms with Crippen LogP contribution in [0.2, 0.25) is 10.0 Å². The van der Waals surface area contributed by atoms with Gasteiger partial charge in [0, 0.05) is 23.0 Å². The SMILES string of the molecule is CCCCn1nc(C(=O)Oc2c(Cl)cc(Cl)c3ccc(C)nc23)c2ccccc2c1=O. The molecule has 0 aliphatic heterocycles. The first-order chi connectivity index (χ1) is 14.9. The highest BCUT2D eigenvalue weighted by atomic mass is 35.5. The number of halogens is 2. The van der Waals surface area contributed by atoms with Crippen molar-refractivity contribution in [3.63, 3.8) is 0 Å². The number of esters is 1. The summed E-state index contributed by atoms with van der Waals surface area (Å²) in [7, 11) is 0. The number of fused-ring (bicyclic) bond motifs is 2. The molecule has 2 aromatic carbocycles. The van der Waals surface area contributed by atoms with Crippen LogP contribution >= 0.6 is 23.2 Å². The van der Waals surface area contributed by atoms with Gasteiger partial charge in [-0.15, -0.1) is 0 Å². The summed E-state index contributed by atoms with van der Waals surface area (Å²) in [5.41, 5.74) is 0.903. The molecule has 0 fully saturated rings. The molecule has 158 valence electrons. The van der Waals surface area contributed by atoms with Gasteiger partial charge in [0.25, 0.3) is 5.56 Å². The predicted octanol–water partition coefficient (Wildman–Crippen LogP) is 5.58. The molecule has 4 rings (SSSR count). The van der Waals surface area contributed by atoms with Crippen LogP contribution in [0.3, 0.4) is 0 Å². The molecule has 8 heteroatoms. The topological polar surface area (TPSA) is 74.1 Å². The van der Waals surface area contributed by atoms with Crippen molar-refractivity contribution in [3.8, 4) is 5.75 Å². The van der Waals surface area contributed by atoms with Crippen molar-refractivity contribution in [2.75, 3.05) is 0 Å². The summed E-state index contributed by atoms with van der Waals surface area (Å²) < 4.78 is 7.00. The van der Waals surface area contributed by atoms with Crippen LogP contribution in [0.1, 0.15) is 35.9 Å².